The number of ether oxygens (including phenoxy) is 1. The quantitative estimate of drug-likeness (QED) is 0.568. The van der Waals surface area contributed by atoms with Gasteiger partial charge >= 0.3 is 0 Å². The molecule has 3 heteroatoms. The summed E-state index contributed by atoms with van der Waals surface area (Å²) < 4.78 is 5.39. The van der Waals surface area contributed by atoms with Crippen molar-refractivity contribution in [1.82, 2.24) is 0 Å². The highest BCUT2D eigenvalue weighted by Gasteiger charge is 2.10. The number of carbonyl (C=O) groups excluding carboxylic acids is 1. The molecule has 0 aromatic heterocycles. The Kier molecular flexibility index (Phi) is 4.69. The van der Waals surface area contributed by atoms with E-state index in [4.69, 9.17) is 4.74 Å². The lowest BCUT2D eigenvalue weighted by atomic mass is 10.1. The summed E-state index contributed by atoms with van der Waals surface area (Å²) in [6.45, 7) is 2.02. The van der Waals surface area contributed by atoms with E-state index in [2.05, 4.69) is 12.1 Å². The molecule has 0 fully saturated rings. The molecule has 0 saturated heterocycles. The molecule has 0 saturated carbocycles. The molecule has 0 bridgehead atoms. The summed E-state index contributed by atoms with van der Waals surface area (Å²) in [6, 6.07) is 4.14. The molecule has 82 valence electrons. The predicted octanol–water partition coefficient (Wildman–Crippen LogP) is 2.86. The van der Waals surface area contributed by atoms with E-state index in [1.807, 2.05) is 13.2 Å². The highest BCUT2D eigenvalue weighted by atomic mass is 32.2. The third kappa shape index (κ3) is 2.75. The van der Waals surface area contributed by atoms with Crippen molar-refractivity contribution in [2.45, 2.75) is 24.7 Å². The van der Waals surface area contributed by atoms with Crippen LogP contribution in [0.25, 0.3) is 0 Å². The lowest BCUT2D eigenvalue weighted by Gasteiger charge is -2.14. The molecule has 0 heterocycles. The van der Waals surface area contributed by atoms with E-state index in [1.54, 1.807) is 18.9 Å². The fourth-order valence-electron chi connectivity index (χ4n) is 1.64. The first-order chi connectivity index (χ1) is 7.24. The third-order valence-electron chi connectivity index (χ3n) is 2.35. The van der Waals surface area contributed by atoms with Gasteiger partial charge in [0, 0.05) is 16.9 Å². The minimum Gasteiger partial charge on any atom is -0.496 e. The second kappa shape index (κ2) is 5.81. The highest BCUT2D eigenvalue weighted by molar-refractivity contribution is 7.98. The average Bonchev–Trinajstić information content (AvgIpc) is 2.26. The zero-order valence-corrected chi connectivity index (χ0v) is 10.2. The SMILES string of the molecule is COc1c(C)ccc(SC)c1CCC=O. The Hall–Kier alpha value is -0.960. The van der Waals surface area contributed by atoms with Crippen LogP contribution in [-0.2, 0) is 11.2 Å². The van der Waals surface area contributed by atoms with Crippen molar-refractivity contribution in [3.05, 3.63) is 23.3 Å². The maximum absolute atomic E-state index is 10.4. The van der Waals surface area contributed by atoms with E-state index < -0.39 is 0 Å². The number of benzene rings is 1. The van der Waals surface area contributed by atoms with Crippen molar-refractivity contribution in [3.8, 4) is 5.75 Å². The van der Waals surface area contributed by atoms with Crippen molar-refractivity contribution in [2.24, 2.45) is 0 Å². The normalized spacial score (nSPS) is 10.1. The molecule has 1 aromatic carbocycles. The van der Waals surface area contributed by atoms with Crippen molar-refractivity contribution >= 4 is 18.0 Å². The zero-order chi connectivity index (χ0) is 11.3. The van der Waals surface area contributed by atoms with E-state index in [0.717, 1.165) is 29.6 Å². The molecule has 0 radical (unpaired) electrons. The van der Waals surface area contributed by atoms with Crippen molar-refractivity contribution in [3.63, 3.8) is 0 Å². The van der Waals surface area contributed by atoms with Gasteiger partial charge < -0.3 is 9.53 Å². The Bertz CT molecular complexity index is 348. The molecule has 1 rings (SSSR count). The van der Waals surface area contributed by atoms with Gasteiger partial charge in [0.25, 0.3) is 0 Å². The molecule has 2 nitrogen and oxygen atoms in total. The van der Waals surface area contributed by atoms with Crippen LogP contribution >= 0.6 is 11.8 Å². The van der Waals surface area contributed by atoms with Crippen LogP contribution in [0.3, 0.4) is 0 Å². The van der Waals surface area contributed by atoms with Gasteiger partial charge in [-0.3, -0.25) is 0 Å². The number of carbonyl (C=O) groups is 1. The van der Waals surface area contributed by atoms with Gasteiger partial charge in [0.15, 0.2) is 0 Å². The number of aldehydes is 1. The lowest BCUT2D eigenvalue weighted by molar-refractivity contribution is -0.107. The van der Waals surface area contributed by atoms with Crippen molar-refractivity contribution in [2.75, 3.05) is 13.4 Å². The molecular weight excluding hydrogens is 208 g/mol. The monoisotopic (exact) mass is 224 g/mol. The minimum atomic E-state index is 0.549. The number of hydrogen-bond donors (Lipinski definition) is 0. The Labute approximate surface area is 95.0 Å². The van der Waals surface area contributed by atoms with Crippen LogP contribution in [-0.4, -0.2) is 19.7 Å². The Morgan fingerprint density at radius 1 is 1.47 bits per heavy atom. The second-order valence-electron chi connectivity index (χ2n) is 3.30. The van der Waals surface area contributed by atoms with Gasteiger partial charge in [-0.25, -0.2) is 0 Å². The topological polar surface area (TPSA) is 26.3 Å². The molecule has 1 aromatic rings. The fourth-order valence-corrected chi connectivity index (χ4v) is 2.29. The molecular formula is C12H16O2S. The Balaban J connectivity index is 3.14. The van der Waals surface area contributed by atoms with E-state index in [1.165, 1.54) is 4.90 Å². The number of hydrogen-bond acceptors (Lipinski definition) is 3. The van der Waals surface area contributed by atoms with Gasteiger partial charge in [0.1, 0.15) is 12.0 Å². The summed E-state index contributed by atoms with van der Waals surface area (Å²) in [5, 5.41) is 0. The summed E-state index contributed by atoms with van der Waals surface area (Å²) >= 11 is 1.69. The van der Waals surface area contributed by atoms with Gasteiger partial charge in [0.2, 0.25) is 0 Å². The van der Waals surface area contributed by atoms with Crippen LogP contribution in [0.5, 0.6) is 5.75 Å². The highest BCUT2D eigenvalue weighted by Crippen LogP contribution is 2.32. The molecule has 0 aliphatic carbocycles. The molecule has 0 atom stereocenters. The number of rotatable bonds is 5. The predicted molar refractivity (Wildman–Crippen MR) is 63.9 cm³/mol. The molecule has 0 aliphatic heterocycles. The van der Waals surface area contributed by atoms with Gasteiger partial charge in [-0.1, -0.05) is 6.07 Å². The van der Waals surface area contributed by atoms with Crippen LogP contribution in [0, 0.1) is 6.92 Å². The minimum absolute atomic E-state index is 0.549. The maximum Gasteiger partial charge on any atom is 0.126 e. The summed E-state index contributed by atoms with van der Waals surface area (Å²) in [7, 11) is 1.68. The van der Waals surface area contributed by atoms with E-state index in [0.29, 0.717) is 6.42 Å². The summed E-state index contributed by atoms with van der Waals surface area (Å²) in [6.07, 6.45) is 4.29. The molecule has 0 unspecified atom stereocenters. The largest absolute Gasteiger partial charge is 0.496 e. The Morgan fingerprint density at radius 2 is 2.20 bits per heavy atom. The van der Waals surface area contributed by atoms with Gasteiger partial charge in [-0.2, -0.15) is 0 Å². The number of aryl methyl sites for hydroxylation is 1. The summed E-state index contributed by atoms with van der Waals surface area (Å²) in [5.41, 5.74) is 2.27. The molecule has 15 heavy (non-hydrogen) atoms. The first-order valence-electron chi connectivity index (χ1n) is 4.88. The van der Waals surface area contributed by atoms with E-state index in [9.17, 15) is 4.79 Å². The fraction of sp³-hybridized carbons (Fsp3) is 0.417. The van der Waals surface area contributed by atoms with Gasteiger partial charge in [0.05, 0.1) is 7.11 Å². The standard InChI is InChI=1S/C12H16O2S/c1-9-6-7-11(15-3)10(5-4-8-13)12(9)14-2/h6-8H,4-5H2,1-3H3. The van der Waals surface area contributed by atoms with Crippen LogP contribution in [0.1, 0.15) is 17.5 Å². The summed E-state index contributed by atoms with van der Waals surface area (Å²) in [4.78, 5) is 11.6. The Morgan fingerprint density at radius 3 is 2.73 bits per heavy atom. The first kappa shape index (κ1) is 12.1. The first-order valence-corrected chi connectivity index (χ1v) is 6.11. The zero-order valence-electron chi connectivity index (χ0n) is 9.37. The van der Waals surface area contributed by atoms with Crippen molar-refractivity contribution in [1.29, 1.82) is 0 Å². The maximum atomic E-state index is 10.4. The molecule has 0 spiro atoms. The van der Waals surface area contributed by atoms with Crippen LogP contribution < -0.4 is 4.74 Å². The summed E-state index contributed by atoms with van der Waals surface area (Å²) in [5.74, 6) is 0.920. The van der Waals surface area contributed by atoms with Crippen LogP contribution in [0.15, 0.2) is 17.0 Å². The number of methoxy groups -OCH3 is 1. The van der Waals surface area contributed by atoms with Gasteiger partial charge in [-0.05, 0) is 31.2 Å². The molecule has 0 aliphatic rings. The third-order valence-corrected chi connectivity index (χ3v) is 3.17. The van der Waals surface area contributed by atoms with Crippen LogP contribution in [0.4, 0.5) is 0 Å². The smallest absolute Gasteiger partial charge is 0.126 e. The van der Waals surface area contributed by atoms with Crippen LogP contribution in [0.2, 0.25) is 0 Å². The molecule has 0 amide bonds. The van der Waals surface area contributed by atoms with E-state index >= 15 is 0 Å². The second-order valence-corrected chi connectivity index (χ2v) is 4.15. The average molecular weight is 224 g/mol. The molecule has 0 N–H and O–H groups in total. The van der Waals surface area contributed by atoms with E-state index in [-0.39, 0.29) is 0 Å². The number of thioether (sulfide) groups is 1. The van der Waals surface area contributed by atoms with Crippen molar-refractivity contribution < 1.29 is 9.53 Å². The lowest BCUT2D eigenvalue weighted by Crippen LogP contribution is -1.98. The van der Waals surface area contributed by atoms with Gasteiger partial charge in [-0.15, -0.1) is 11.8 Å².